The maximum absolute atomic E-state index is 7.68. The minimum Gasteiger partial charge on any atom is -0.458 e. The van der Waals surface area contributed by atoms with Gasteiger partial charge in [0, 0.05) is 110 Å². The van der Waals surface area contributed by atoms with Crippen molar-refractivity contribution in [3.8, 4) is 57.5 Å². The molecule has 8 aliphatic heterocycles. The molecule has 448 valence electrons. The zero-order chi connectivity index (χ0) is 63.1. The lowest BCUT2D eigenvalue weighted by Crippen LogP contribution is -2.69. The van der Waals surface area contributed by atoms with Gasteiger partial charge < -0.3 is 43.3 Å². The first-order chi connectivity index (χ1) is 48.1. The molecule has 0 fully saturated rings. The van der Waals surface area contributed by atoms with Crippen LogP contribution in [-0.4, -0.2) is 26.9 Å². The van der Waals surface area contributed by atoms with Crippen LogP contribution in [0.3, 0.4) is 0 Å². The van der Waals surface area contributed by atoms with Gasteiger partial charge >= 0.3 is 0 Å². The van der Waals surface area contributed by atoms with E-state index >= 15 is 0 Å². The molecule has 0 saturated carbocycles. The Morgan fingerprint density at radius 1 is 0.206 bits per heavy atom. The second-order valence-corrected chi connectivity index (χ2v) is 26.1. The second kappa shape index (κ2) is 20.0. The van der Waals surface area contributed by atoms with Crippen LogP contribution in [0.15, 0.2) is 303 Å². The first-order valence-corrected chi connectivity index (χ1v) is 33.2. The van der Waals surface area contributed by atoms with Crippen LogP contribution in [0.1, 0.15) is 0 Å². The highest BCUT2D eigenvalue weighted by molar-refractivity contribution is 7.05. The summed E-state index contributed by atoms with van der Waals surface area (Å²) in [6.45, 7) is -0.820. The number of hydrogen-bond acceptors (Lipinski definition) is 9. The van der Waals surface area contributed by atoms with Crippen LogP contribution in [0.2, 0.25) is 0 Å². The van der Waals surface area contributed by atoms with Crippen LogP contribution in [0.4, 0.5) is 68.2 Å². The van der Waals surface area contributed by atoms with Gasteiger partial charge in [-0.3, -0.25) is 0 Å². The average molecular weight is 1240 g/mol. The molecule has 0 radical (unpaired) electrons. The van der Waals surface area contributed by atoms with E-state index in [0.29, 0.717) is 0 Å². The molecule has 8 aliphatic rings. The van der Waals surface area contributed by atoms with Gasteiger partial charge in [-0.2, -0.15) is 0 Å². The topological polar surface area (TPSA) is 59.1 Å². The van der Waals surface area contributed by atoms with Gasteiger partial charge in [-0.25, -0.2) is 0 Å². The van der Waals surface area contributed by atoms with Crippen molar-refractivity contribution in [3.05, 3.63) is 303 Å². The minimum atomic E-state index is -0.215. The molecule has 0 N–H and O–H groups in total. The highest BCUT2D eigenvalue weighted by Gasteiger charge is 2.53. The smallest absolute Gasteiger partial charge is 0.260 e. The van der Waals surface area contributed by atoms with Crippen LogP contribution in [0.5, 0.6) is 57.5 Å². The van der Waals surface area contributed by atoms with Gasteiger partial charge in [0.15, 0.2) is 0 Å². The van der Waals surface area contributed by atoms with Gasteiger partial charge in [-0.15, -0.1) is 0 Å². The molecule has 0 spiro atoms. The number of ether oxygens (including phenoxy) is 5. The molecule has 97 heavy (non-hydrogen) atoms. The molecule has 14 aromatic rings. The fourth-order valence-electron chi connectivity index (χ4n) is 17.2. The Kier molecular flexibility index (Phi) is 10.9. The molecule has 0 aromatic heterocycles. The molecule has 0 atom stereocenters. The van der Waals surface area contributed by atoms with Crippen LogP contribution < -0.4 is 109 Å². The van der Waals surface area contributed by atoms with Crippen molar-refractivity contribution >= 4 is 161 Å². The summed E-state index contributed by atoms with van der Waals surface area (Å²) < 4.78 is 36.6. The highest BCUT2D eigenvalue weighted by atomic mass is 16.5. The average Bonchev–Trinajstić information content (AvgIpc) is 0.673. The van der Waals surface area contributed by atoms with Crippen molar-refractivity contribution in [1.82, 2.24) is 0 Å². The quantitative estimate of drug-likeness (QED) is 0.145. The standard InChI is InChI=1S/C84H50B4N4O5/c1-6-24-51(25-7-1)89(52-26-8-2-9-27-52)56-42-75-81-77(44-56)95-72-48-68-62(46-63(72)87(81)60-36-18-22-40-70(60)93-75)85-58-34-16-20-38-66(58)92-67-39-21-17-35-59(67)86-64-47-65-74(50-73(64)97-79-49-69(80(85)84(92)83(79)86)91(68)55-32-14-5-15-33-55)96-78-45-57(43-76-82(78)88(65)61-37-19-23-41-71(61)94-76)90(53-28-10-3-11-29-53)54-30-12-4-13-31-54/h1-50H. The molecular formula is C84H50B4N4O5. The van der Waals surface area contributed by atoms with Gasteiger partial charge in [0.25, 0.3) is 26.9 Å². The van der Waals surface area contributed by atoms with Crippen molar-refractivity contribution < 1.29 is 23.7 Å². The van der Waals surface area contributed by atoms with Crippen molar-refractivity contribution in [1.29, 1.82) is 0 Å². The Labute approximate surface area is 561 Å². The lowest BCUT2D eigenvalue weighted by Gasteiger charge is -2.49. The van der Waals surface area contributed by atoms with Crippen LogP contribution >= 0.6 is 0 Å². The molecule has 0 amide bonds. The second-order valence-electron chi connectivity index (χ2n) is 26.1. The Balaban J connectivity index is 0.752. The summed E-state index contributed by atoms with van der Waals surface area (Å²) in [6, 6.07) is 108. The maximum Gasteiger partial charge on any atom is 0.260 e. The summed E-state index contributed by atoms with van der Waals surface area (Å²) in [4.78, 5) is 9.55. The van der Waals surface area contributed by atoms with E-state index in [9.17, 15) is 0 Å². The summed E-state index contributed by atoms with van der Waals surface area (Å²) >= 11 is 0. The first-order valence-electron chi connectivity index (χ1n) is 33.2. The molecule has 0 aliphatic carbocycles. The van der Waals surface area contributed by atoms with Gasteiger partial charge in [-0.1, -0.05) is 176 Å². The van der Waals surface area contributed by atoms with Crippen molar-refractivity contribution in [2.75, 3.05) is 19.6 Å². The summed E-state index contributed by atoms with van der Waals surface area (Å²) in [6.07, 6.45) is 0. The van der Waals surface area contributed by atoms with E-state index in [1.807, 2.05) is 0 Å². The molecule has 0 bridgehead atoms. The number of hydrogen-bond donors (Lipinski definition) is 0. The maximum atomic E-state index is 7.68. The molecule has 8 heterocycles. The third-order valence-corrected chi connectivity index (χ3v) is 21.0. The van der Waals surface area contributed by atoms with E-state index in [2.05, 4.69) is 323 Å². The predicted octanol–water partition coefficient (Wildman–Crippen LogP) is 13.1. The van der Waals surface area contributed by atoms with Gasteiger partial charge in [0.05, 0.1) is 11.4 Å². The van der Waals surface area contributed by atoms with E-state index in [-0.39, 0.29) is 26.9 Å². The molecule has 0 unspecified atom stereocenters. The lowest BCUT2D eigenvalue weighted by atomic mass is 9.28. The van der Waals surface area contributed by atoms with Gasteiger partial charge in [0.2, 0.25) is 0 Å². The fourth-order valence-corrected chi connectivity index (χ4v) is 17.2. The Morgan fingerprint density at radius 3 is 1.01 bits per heavy atom. The first kappa shape index (κ1) is 53.0. The zero-order valence-electron chi connectivity index (χ0n) is 52.0. The van der Waals surface area contributed by atoms with Gasteiger partial charge in [-0.05, 0) is 140 Å². The fraction of sp³-hybridized carbons (Fsp3) is 0. The lowest BCUT2D eigenvalue weighted by molar-refractivity contribution is 0.456. The molecule has 13 heteroatoms. The Morgan fingerprint density at radius 2 is 0.546 bits per heavy atom. The number of fused-ring (bicyclic) bond motifs is 18. The molecule has 22 rings (SSSR count). The van der Waals surface area contributed by atoms with E-state index in [1.165, 1.54) is 21.9 Å². The van der Waals surface area contributed by atoms with Gasteiger partial charge in [0.1, 0.15) is 57.5 Å². The Bertz CT molecular complexity index is 5620. The van der Waals surface area contributed by atoms with Crippen molar-refractivity contribution in [2.45, 2.75) is 0 Å². The minimum absolute atomic E-state index is 0.200. The van der Waals surface area contributed by atoms with Crippen molar-refractivity contribution in [3.63, 3.8) is 0 Å². The van der Waals surface area contributed by atoms with E-state index < -0.39 is 0 Å². The molecule has 14 aromatic carbocycles. The van der Waals surface area contributed by atoms with Crippen molar-refractivity contribution in [2.24, 2.45) is 0 Å². The summed E-state index contributed by atoms with van der Waals surface area (Å²) in [5.74, 6) is 7.78. The van der Waals surface area contributed by atoms with Crippen LogP contribution in [-0.2, 0) is 0 Å². The molecule has 9 nitrogen and oxygen atoms in total. The monoisotopic (exact) mass is 1240 g/mol. The van der Waals surface area contributed by atoms with Crippen LogP contribution in [0, 0.1) is 0 Å². The molecular weight excluding hydrogens is 1190 g/mol. The number of benzene rings is 14. The number of para-hydroxylation sites is 9. The predicted molar refractivity (Wildman–Crippen MR) is 396 cm³/mol. The summed E-state index contributed by atoms with van der Waals surface area (Å²) in [5, 5.41) is 0. The van der Waals surface area contributed by atoms with Crippen LogP contribution in [0.25, 0.3) is 0 Å². The zero-order valence-corrected chi connectivity index (χ0v) is 52.0. The normalized spacial score (nSPS) is 13.9. The molecule has 0 saturated heterocycles. The summed E-state index contributed by atoms with van der Waals surface area (Å²) in [5.41, 5.74) is 25.9. The number of rotatable bonds is 7. The van der Waals surface area contributed by atoms with E-state index in [4.69, 9.17) is 23.7 Å². The van der Waals surface area contributed by atoms with E-state index in [0.717, 1.165) is 169 Å². The number of nitrogens with zero attached hydrogens (tertiary/aromatic N) is 4. The summed E-state index contributed by atoms with van der Waals surface area (Å²) in [7, 11) is 0. The Hall–Kier alpha value is -12.5. The van der Waals surface area contributed by atoms with E-state index in [1.54, 1.807) is 0 Å². The third-order valence-electron chi connectivity index (χ3n) is 21.0. The SMILES string of the molecule is c1ccc(N(c2ccccc2)c2cc3c4c(c2)Oc2cc5c(cc2B4c2ccccc2O3)B2c3ccccc3N3c4ccccc4B4c6cc7c(cc6N(c6ccccc6)c6cc(c2c3c64)O5)Oc2cc(N(c3ccccc3)c3ccccc3)cc3c2B7c2ccccc2O3)cc1. The largest absolute Gasteiger partial charge is 0.458 e. The number of anilines is 12. The third kappa shape index (κ3) is 7.53. The highest BCUT2D eigenvalue weighted by Crippen LogP contribution is 2.51.